The topological polar surface area (TPSA) is 104 Å². The van der Waals surface area contributed by atoms with E-state index in [-0.39, 0.29) is 5.69 Å². The number of aromatic nitrogens is 3. The van der Waals surface area contributed by atoms with Crippen LogP contribution in [0.4, 0.5) is 11.5 Å². The average molecular weight is 330 g/mol. The van der Waals surface area contributed by atoms with Gasteiger partial charge in [0.05, 0.1) is 11.3 Å². The van der Waals surface area contributed by atoms with Gasteiger partial charge in [-0.2, -0.15) is 5.26 Å². The molecule has 0 unspecified atom stereocenters. The highest BCUT2D eigenvalue weighted by Crippen LogP contribution is 2.14. The molecular weight excluding hydrogens is 316 g/mol. The predicted octanol–water partition coefficient (Wildman–Crippen LogP) is 2.61. The Balaban J connectivity index is 1.63. The Morgan fingerprint density at radius 3 is 2.56 bits per heavy atom. The lowest BCUT2D eigenvalue weighted by atomic mass is 10.2. The van der Waals surface area contributed by atoms with Gasteiger partial charge in [0.1, 0.15) is 11.9 Å². The van der Waals surface area contributed by atoms with Gasteiger partial charge < -0.3 is 10.6 Å². The number of hydrogen-bond donors (Lipinski definition) is 2. The van der Waals surface area contributed by atoms with Gasteiger partial charge in [0.2, 0.25) is 0 Å². The Bertz CT molecular complexity index is 903. The van der Waals surface area contributed by atoms with Gasteiger partial charge in [-0.1, -0.05) is 12.1 Å². The first-order valence-electron chi connectivity index (χ1n) is 7.53. The molecule has 0 saturated heterocycles. The standard InChI is InChI=1S/C18H14N6O/c19-11-14-3-1-2-4-15(14)22-18(25)16-5-6-17(24-23-16)21-12-13-7-9-20-10-8-13/h1-10H,12H2,(H,21,24)(H,22,25). The molecule has 2 aromatic heterocycles. The van der Waals surface area contributed by atoms with Crippen LogP contribution in [0.25, 0.3) is 0 Å². The van der Waals surface area contributed by atoms with Crippen molar-refractivity contribution in [1.29, 1.82) is 5.26 Å². The number of benzene rings is 1. The summed E-state index contributed by atoms with van der Waals surface area (Å²) in [5.74, 6) is 0.140. The number of pyridine rings is 1. The SMILES string of the molecule is N#Cc1ccccc1NC(=O)c1ccc(NCc2ccncc2)nn1. The first-order chi connectivity index (χ1) is 12.3. The maximum Gasteiger partial charge on any atom is 0.276 e. The molecule has 0 aliphatic heterocycles. The van der Waals surface area contributed by atoms with Crippen LogP contribution in [-0.2, 0) is 6.54 Å². The number of amides is 1. The van der Waals surface area contributed by atoms with Crippen LogP contribution in [0.1, 0.15) is 21.6 Å². The Hall–Kier alpha value is -3.79. The molecular formula is C18H14N6O. The number of para-hydroxylation sites is 1. The highest BCUT2D eigenvalue weighted by atomic mass is 16.1. The molecule has 0 aliphatic rings. The van der Waals surface area contributed by atoms with E-state index in [0.29, 0.717) is 23.6 Å². The fourth-order valence-electron chi connectivity index (χ4n) is 2.12. The number of carbonyl (C=O) groups is 1. The van der Waals surface area contributed by atoms with Gasteiger partial charge in [0.25, 0.3) is 5.91 Å². The van der Waals surface area contributed by atoms with E-state index in [1.807, 2.05) is 18.2 Å². The van der Waals surface area contributed by atoms with Crippen molar-refractivity contribution >= 4 is 17.4 Å². The monoisotopic (exact) mass is 330 g/mol. The number of anilines is 2. The maximum absolute atomic E-state index is 12.2. The zero-order valence-electron chi connectivity index (χ0n) is 13.2. The lowest BCUT2D eigenvalue weighted by Crippen LogP contribution is -2.15. The van der Waals surface area contributed by atoms with Gasteiger partial charge in [-0.25, -0.2) is 0 Å². The summed E-state index contributed by atoms with van der Waals surface area (Å²) in [6.45, 7) is 0.582. The van der Waals surface area contributed by atoms with Gasteiger partial charge in [-0.15, -0.1) is 10.2 Å². The fourth-order valence-corrected chi connectivity index (χ4v) is 2.12. The van der Waals surface area contributed by atoms with Crippen molar-refractivity contribution in [3.8, 4) is 6.07 Å². The van der Waals surface area contributed by atoms with Crippen LogP contribution in [-0.4, -0.2) is 21.1 Å². The van der Waals surface area contributed by atoms with E-state index in [4.69, 9.17) is 5.26 Å². The van der Waals surface area contributed by atoms with Gasteiger partial charge in [0.15, 0.2) is 5.69 Å². The van der Waals surface area contributed by atoms with E-state index >= 15 is 0 Å². The second kappa shape index (κ2) is 7.66. The van der Waals surface area contributed by atoms with Crippen molar-refractivity contribution in [1.82, 2.24) is 15.2 Å². The first kappa shape index (κ1) is 16.1. The maximum atomic E-state index is 12.2. The molecule has 2 heterocycles. The van der Waals surface area contributed by atoms with Crippen molar-refractivity contribution in [2.75, 3.05) is 10.6 Å². The number of nitrogens with one attached hydrogen (secondary N) is 2. The number of nitrogens with zero attached hydrogens (tertiary/aromatic N) is 4. The molecule has 0 atom stereocenters. The Labute approximate surface area is 144 Å². The molecule has 3 rings (SSSR count). The van der Waals surface area contributed by atoms with Crippen molar-refractivity contribution in [3.63, 3.8) is 0 Å². The third kappa shape index (κ3) is 4.14. The lowest BCUT2D eigenvalue weighted by molar-refractivity contribution is 0.102. The summed E-state index contributed by atoms with van der Waals surface area (Å²) in [7, 11) is 0. The molecule has 25 heavy (non-hydrogen) atoms. The summed E-state index contributed by atoms with van der Waals surface area (Å²) in [6, 6.07) is 15.9. The van der Waals surface area contributed by atoms with Crippen LogP contribution in [0, 0.1) is 11.3 Å². The molecule has 7 nitrogen and oxygen atoms in total. The smallest absolute Gasteiger partial charge is 0.276 e. The van der Waals surface area contributed by atoms with Crippen LogP contribution < -0.4 is 10.6 Å². The molecule has 1 amide bonds. The van der Waals surface area contributed by atoms with Crippen molar-refractivity contribution < 1.29 is 4.79 Å². The van der Waals surface area contributed by atoms with Crippen LogP contribution in [0.5, 0.6) is 0 Å². The lowest BCUT2D eigenvalue weighted by Gasteiger charge is -2.07. The number of carbonyl (C=O) groups excluding carboxylic acids is 1. The number of rotatable bonds is 5. The number of nitriles is 1. The van der Waals surface area contributed by atoms with Crippen LogP contribution in [0.3, 0.4) is 0 Å². The second-order valence-corrected chi connectivity index (χ2v) is 5.12. The van der Waals surface area contributed by atoms with E-state index in [1.165, 1.54) is 0 Å². The molecule has 122 valence electrons. The molecule has 0 fully saturated rings. The minimum absolute atomic E-state index is 0.169. The highest BCUT2D eigenvalue weighted by Gasteiger charge is 2.11. The third-order valence-corrected chi connectivity index (χ3v) is 3.42. The Morgan fingerprint density at radius 2 is 1.84 bits per heavy atom. The summed E-state index contributed by atoms with van der Waals surface area (Å²) in [5, 5.41) is 22.8. The second-order valence-electron chi connectivity index (χ2n) is 5.12. The normalized spacial score (nSPS) is 9.88. The van der Waals surface area contributed by atoms with Crippen molar-refractivity contribution in [2.24, 2.45) is 0 Å². The zero-order chi connectivity index (χ0) is 17.5. The van der Waals surface area contributed by atoms with E-state index in [2.05, 4.69) is 25.8 Å². The van der Waals surface area contributed by atoms with Gasteiger partial charge >= 0.3 is 0 Å². The predicted molar refractivity (Wildman–Crippen MR) is 92.7 cm³/mol. The van der Waals surface area contributed by atoms with Crippen molar-refractivity contribution in [2.45, 2.75) is 6.54 Å². The third-order valence-electron chi connectivity index (χ3n) is 3.42. The van der Waals surface area contributed by atoms with E-state index in [9.17, 15) is 4.79 Å². The minimum Gasteiger partial charge on any atom is -0.365 e. The minimum atomic E-state index is -0.420. The Kier molecular flexibility index (Phi) is 4.93. The summed E-state index contributed by atoms with van der Waals surface area (Å²) in [6.07, 6.45) is 3.43. The van der Waals surface area contributed by atoms with Gasteiger partial charge in [0, 0.05) is 18.9 Å². The van der Waals surface area contributed by atoms with Crippen molar-refractivity contribution in [3.05, 3.63) is 77.7 Å². The molecule has 7 heteroatoms. The molecule has 0 radical (unpaired) electrons. The molecule has 2 N–H and O–H groups in total. The molecule has 0 saturated carbocycles. The van der Waals surface area contributed by atoms with Gasteiger partial charge in [-0.3, -0.25) is 9.78 Å². The zero-order valence-corrected chi connectivity index (χ0v) is 13.2. The van der Waals surface area contributed by atoms with E-state index in [1.54, 1.807) is 48.8 Å². The van der Waals surface area contributed by atoms with E-state index in [0.717, 1.165) is 5.56 Å². The first-order valence-corrected chi connectivity index (χ1v) is 7.53. The molecule has 1 aromatic carbocycles. The molecule has 3 aromatic rings. The van der Waals surface area contributed by atoms with E-state index < -0.39 is 5.91 Å². The summed E-state index contributed by atoms with van der Waals surface area (Å²) >= 11 is 0. The average Bonchev–Trinajstić information content (AvgIpc) is 2.68. The van der Waals surface area contributed by atoms with Gasteiger partial charge in [-0.05, 0) is 42.0 Å². The Morgan fingerprint density at radius 1 is 1.04 bits per heavy atom. The summed E-state index contributed by atoms with van der Waals surface area (Å²) < 4.78 is 0. The summed E-state index contributed by atoms with van der Waals surface area (Å²) in [4.78, 5) is 16.2. The fraction of sp³-hybridized carbons (Fsp3) is 0.0556. The largest absolute Gasteiger partial charge is 0.365 e. The van der Waals surface area contributed by atoms with Crippen LogP contribution >= 0.6 is 0 Å². The molecule has 0 aliphatic carbocycles. The highest BCUT2D eigenvalue weighted by molar-refractivity contribution is 6.03. The van der Waals surface area contributed by atoms with Crippen LogP contribution in [0.15, 0.2) is 60.9 Å². The quantitative estimate of drug-likeness (QED) is 0.745. The van der Waals surface area contributed by atoms with Crippen LogP contribution in [0.2, 0.25) is 0 Å². The molecule has 0 spiro atoms. The number of hydrogen-bond acceptors (Lipinski definition) is 6. The summed E-state index contributed by atoms with van der Waals surface area (Å²) in [5.41, 5.74) is 2.06. The molecule has 0 bridgehead atoms.